The highest BCUT2D eigenvalue weighted by Gasteiger charge is 2.13. The zero-order chi connectivity index (χ0) is 16.5. The van der Waals surface area contributed by atoms with Crippen LogP contribution in [0, 0.1) is 0 Å². The molecule has 2 nitrogen and oxygen atoms in total. The maximum absolute atomic E-state index is 8.78. The third kappa shape index (κ3) is 20.4. The van der Waals surface area contributed by atoms with Crippen molar-refractivity contribution in [3.8, 4) is 0 Å². The number of hydrogen-bond donors (Lipinski definition) is 1. The molecule has 0 heterocycles. The molecular formula is C20H44BrNO. The number of aliphatic hydroxyl groups excluding tert-OH is 1. The molecule has 23 heavy (non-hydrogen) atoms. The van der Waals surface area contributed by atoms with Crippen molar-refractivity contribution in [2.24, 2.45) is 0 Å². The highest BCUT2D eigenvalue weighted by molar-refractivity contribution is 4.48. The van der Waals surface area contributed by atoms with Crippen molar-refractivity contribution >= 4 is 0 Å². The van der Waals surface area contributed by atoms with Crippen molar-refractivity contribution in [2.75, 3.05) is 33.8 Å². The summed E-state index contributed by atoms with van der Waals surface area (Å²) >= 11 is 0. The Kier molecular flexibility index (Phi) is 20.9. The lowest BCUT2D eigenvalue weighted by atomic mass is 10.1. The predicted octanol–water partition coefficient (Wildman–Crippen LogP) is 2.54. The summed E-state index contributed by atoms with van der Waals surface area (Å²) in [5.41, 5.74) is 0. The lowest BCUT2D eigenvalue weighted by Gasteiger charge is -2.30. The SMILES string of the molecule is CCCCCCCCCCCC[N+](C)(C)CCCCCCO.[Br-]. The lowest BCUT2D eigenvalue weighted by Crippen LogP contribution is -3.00. The molecule has 0 saturated carbocycles. The fourth-order valence-corrected chi connectivity index (χ4v) is 3.14. The van der Waals surface area contributed by atoms with Crippen LogP contribution in [-0.2, 0) is 0 Å². The second kappa shape index (κ2) is 18.7. The van der Waals surface area contributed by atoms with E-state index in [9.17, 15) is 0 Å². The van der Waals surface area contributed by atoms with Crippen molar-refractivity contribution in [1.29, 1.82) is 0 Å². The molecule has 1 N–H and O–H groups in total. The topological polar surface area (TPSA) is 20.2 Å². The van der Waals surface area contributed by atoms with Crippen LogP contribution in [0.4, 0.5) is 0 Å². The number of quaternary nitrogens is 1. The number of unbranched alkanes of at least 4 members (excludes halogenated alkanes) is 12. The quantitative estimate of drug-likeness (QED) is 0.297. The van der Waals surface area contributed by atoms with Gasteiger partial charge < -0.3 is 26.6 Å². The van der Waals surface area contributed by atoms with Crippen LogP contribution in [-0.4, -0.2) is 43.4 Å². The maximum Gasteiger partial charge on any atom is 0.0782 e. The van der Waals surface area contributed by atoms with Gasteiger partial charge in [-0.15, -0.1) is 0 Å². The molecule has 0 aliphatic carbocycles. The van der Waals surface area contributed by atoms with Crippen LogP contribution >= 0.6 is 0 Å². The van der Waals surface area contributed by atoms with Crippen LogP contribution in [0.2, 0.25) is 0 Å². The zero-order valence-electron chi connectivity index (χ0n) is 16.3. The van der Waals surface area contributed by atoms with E-state index >= 15 is 0 Å². The molecule has 0 atom stereocenters. The lowest BCUT2D eigenvalue weighted by molar-refractivity contribution is -0.890. The largest absolute Gasteiger partial charge is 1.00 e. The fourth-order valence-electron chi connectivity index (χ4n) is 3.14. The monoisotopic (exact) mass is 393 g/mol. The summed E-state index contributed by atoms with van der Waals surface area (Å²) in [6.07, 6.45) is 19.0. The summed E-state index contributed by atoms with van der Waals surface area (Å²) in [6, 6.07) is 0. The molecule has 0 saturated heterocycles. The van der Waals surface area contributed by atoms with Crippen molar-refractivity contribution in [3.05, 3.63) is 0 Å². The number of hydrogen-bond acceptors (Lipinski definition) is 1. The highest BCUT2D eigenvalue weighted by atomic mass is 79.9. The third-order valence-corrected chi connectivity index (χ3v) is 4.79. The van der Waals surface area contributed by atoms with Gasteiger partial charge in [0.2, 0.25) is 0 Å². The van der Waals surface area contributed by atoms with Gasteiger partial charge in [0, 0.05) is 6.61 Å². The first-order valence-electron chi connectivity index (χ1n) is 10.1. The van der Waals surface area contributed by atoms with Gasteiger partial charge in [0.1, 0.15) is 0 Å². The number of nitrogens with zero attached hydrogens (tertiary/aromatic N) is 1. The summed E-state index contributed by atoms with van der Waals surface area (Å²) in [5, 5.41) is 8.78. The van der Waals surface area contributed by atoms with Crippen LogP contribution < -0.4 is 17.0 Å². The van der Waals surface area contributed by atoms with Crippen molar-refractivity contribution in [3.63, 3.8) is 0 Å². The number of rotatable bonds is 17. The van der Waals surface area contributed by atoms with Crippen molar-refractivity contribution < 1.29 is 26.6 Å². The Morgan fingerprint density at radius 3 is 1.30 bits per heavy atom. The van der Waals surface area contributed by atoms with Crippen LogP contribution in [0.3, 0.4) is 0 Å². The van der Waals surface area contributed by atoms with Gasteiger partial charge in [-0.1, -0.05) is 64.7 Å². The molecule has 0 spiro atoms. The standard InChI is InChI=1S/C20H44NO.BrH/c1-4-5-6-7-8-9-10-11-12-15-18-21(2,3)19-16-13-14-17-20-22;/h22H,4-20H2,1-3H3;1H/q+1;/p-1. The predicted molar refractivity (Wildman–Crippen MR) is 99.2 cm³/mol. The van der Waals surface area contributed by atoms with E-state index < -0.39 is 0 Å². The van der Waals surface area contributed by atoms with E-state index in [1.807, 2.05) is 0 Å². The number of halogens is 1. The molecule has 0 aromatic rings. The Hall–Kier alpha value is 0.400. The van der Waals surface area contributed by atoms with E-state index in [2.05, 4.69) is 21.0 Å². The average molecular weight is 394 g/mol. The molecule has 0 aromatic heterocycles. The van der Waals surface area contributed by atoms with Crippen molar-refractivity contribution in [2.45, 2.75) is 96.8 Å². The first-order chi connectivity index (χ1) is 10.6. The normalized spacial score (nSPS) is 11.5. The minimum absolute atomic E-state index is 0. The number of aliphatic hydroxyl groups is 1. The van der Waals surface area contributed by atoms with Gasteiger partial charge >= 0.3 is 0 Å². The van der Waals surface area contributed by atoms with Gasteiger partial charge in [0.15, 0.2) is 0 Å². The van der Waals surface area contributed by atoms with Gasteiger partial charge in [-0.3, -0.25) is 0 Å². The van der Waals surface area contributed by atoms with E-state index in [0.29, 0.717) is 6.61 Å². The van der Waals surface area contributed by atoms with E-state index in [-0.39, 0.29) is 17.0 Å². The second-order valence-corrected chi connectivity index (χ2v) is 7.70. The molecule has 142 valence electrons. The summed E-state index contributed by atoms with van der Waals surface area (Å²) in [6.45, 7) is 5.27. The van der Waals surface area contributed by atoms with Crippen LogP contribution in [0.1, 0.15) is 96.8 Å². The summed E-state index contributed by atoms with van der Waals surface area (Å²) in [4.78, 5) is 0. The summed E-state index contributed by atoms with van der Waals surface area (Å²) in [7, 11) is 4.75. The van der Waals surface area contributed by atoms with Gasteiger partial charge in [0.05, 0.1) is 27.2 Å². The van der Waals surface area contributed by atoms with E-state index in [1.165, 1.54) is 101 Å². The Morgan fingerprint density at radius 2 is 0.913 bits per heavy atom. The minimum atomic E-state index is 0. The van der Waals surface area contributed by atoms with E-state index in [0.717, 1.165) is 6.42 Å². The smallest absolute Gasteiger partial charge is 0.0782 e. The minimum Gasteiger partial charge on any atom is -1.00 e. The second-order valence-electron chi connectivity index (χ2n) is 7.70. The zero-order valence-corrected chi connectivity index (χ0v) is 17.9. The molecule has 0 unspecified atom stereocenters. The third-order valence-electron chi connectivity index (χ3n) is 4.79. The molecule has 0 aliphatic heterocycles. The van der Waals surface area contributed by atoms with E-state index in [1.54, 1.807) is 0 Å². The van der Waals surface area contributed by atoms with Crippen LogP contribution in [0.15, 0.2) is 0 Å². The molecular weight excluding hydrogens is 350 g/mol. The van der Waals surface area contributed by atoms with Crippen molar-refractivity contribution in [1.82, 2.24) is 0 Å². The molecule has 0 aliphatic rings. The van der Waals surface area contributed by atoms with Crippen LogP contribution in [0.25, 0.3) is 0 Å². The Balaban J connectivity index is 0. The molecule has 0 bridgehead atoms. The first-order valence-corrected chi connectivity index (χ1v) is 10.1. The molecule has 0 amide bonds. The Labute approximate surface area is 157 Å². The van der Waals surface area contributed by atoms with E-state index in [4.69, 9.17) is 5.11 Å². The van der Waals surface area contributed by atoms with Gasteiger partial charge in [-0.2, -0.15) is 0 Å². The highest BCUT2D eigenvalue weighted by Crippen LogP contribution is 2.12. The van der Waals surface area contributed by atoms with Crippen LogP contribution in [0.5, 0.6) is 0 Å². The Bertz CT molecular complexity index is 222. The van der Waals surface area contributed by atoms with Gasteiger partial charge in [-0.05, 0) is 32.1 Å². The molecule has 3 heteroatoms. The first kappa shape index (κ1) is 25.6. The summed E-state index contributed by atoms with van der Waals surface area (Å²) in [5.74, 6) is 0. The Morgan fingerprint density at radius 1 is 0.565 bits per heavy atom. The summed E-state index contributed by atoms with van der Waals surface area (Å²) < 4.78 is 1.18. The van der Waals surface area contributed by atoms with Gasteiger partial charge in [-0.25, -0.2) is 0 Å². The fraction of sp³-hybridized carbons (Fsp3) is 1.00. The van der Waals surface area contributed by atoms with Gasteiger partial charge in [0.25, 0.3) is 0 Å². The molecule has 0 aromatic carbocycles. The molecule has 0 fully saturated rings. The average Bonchev–Trinajstić information content (AvgIpc) is 2.49. The molecule has 0 radical (unpaired) electrons. The maximum atomic E-state index is 8.78. The molecule has 0 rings (SSSR count).